The van der Waals surface area contributed by atoms with Crippen molar-refractivity contribution < 1.29 is 9.32 Å². The van der Waals surface area contributed by atoms with Crippen molar-refractivity contribution in [2.75, 3.05) is 10.6 Å². The fraction of sp³-hybridized carbons (Fsp3) is 0.250. The fourth-order valence-electron chi connectivity index (χ4n) is 2.48. The number of nitrogens with zero attached hydrogens (tertiary/aromatic N) is 2. The molecule has 2 aromatic heterocycles. The van der Waals surface area contributed by atoms with Gasteiger partial charge in [-0.05, 0) is 47.9 Å². The number of hydrogen-bond donors (Lipinski definition) is 2. The first-order valence-corrected chi connectivity index (χ1v) is 8.39. The summed E-state index contributed by atoms with van der Waals surface area (Å²) in [5.74, 6) is 0.318. The van der Waals surface area contributed by atoms with Crippen molar-refractivity contribution in [3.05, 3.63) is 60.0 Å². The Bertz CT molecular complexity index is 911. The molecule has 0 atom stereocenters. The van der Waals surface area contributed by atoms with Crippen LogP contribution < -0.4 is 10.6 Å². The molecule has 6 heteroatoms. The number of anilines is 2. The Morgan fingerprint density at radius 2 is 1.73 bits per heavy atom. The van der Waals surface area contributed by atoms with Gasteiger partial charge in [-0.1, -0.05) is 32.0 Å². The molecule has 2 heterocycles. The van der Waals surface area contributed by atoms with Crippen LogP contribution in [0.4, 0.5) is 16.4 Å². The normalized spacial score (nSPS) is 11.2. The first kappa shape index (κ1) is 17.7. The summed E-state index contributed by atoms with van der Waals surface area (Å²) < 4.78 is 5.18. The average Bonchev–Trinajstić information content (AvgIpc) is 3.06. The van der Waals surface area contributed by atoms with Crippen molar-refractivity contribution in [3.63, 3.8) is 0 Å². The molecule has 0 fully saturated rings. The van der Waals surface area contributed by atoms with E-state index in [9.17, 15) is 4.79 Å². The molecule has 0 bridgehead atoms. The Hall–Kier alpha value is -3.15. The molecule has 0 radical (unpaired) electrons. The van der Waals surface area contributed by atoms with Crippen molar-refractivity contribution in [1.82, 2.24) is 10.1 Å². The zero-order valence-electron chi connectivity index (χ0n) is 15.3. The van der Waals surface area contributed by atoms with E-state index in [0.717, 1.165) is 28.1 Å². The summed E-state index contributed by atoms with van der Waals surface area (Å²) in [5.41, 5.74) is 4.49. The first-order chi connectivity index (χ1) is 12.3. The lowest BCUT2D eigenvalue weighted by Gasteiger charge is -2.12. The Kier molecular flexibility index (Phi) is 4.75. The minimum absolute atomic E-state index is 0.140. The molecule has 0 saturated heterocycles. The van der Waals surface area contributed by atoms with Gasteiger partial charge >= 0.3 is 6.03 Å². The summed E-state index contributed by atoms with van der Waals surface area (Å²) in [7, 11) is 0. The number of rotatable bonds is 3. The lowest BCUT2D eigenvalue weighted by atomic mass is 9.92. The Balaban J connectivity index is 1.69. The first-order valence-electron chi connectivity index (χ1n) is 8.39. The highest BCUT2D eigenvalue weighted by Crippen LogP contribution is 2.26. The van der Waals surface area contributed by atoms with Crippen LogP contribution >= 0.6 is 0 Å². The van der Waals surface area contributed by atoms with E-state index in [0.29, 0.717) is 5.88 Å². The van der Waals surface area contributed by atoms with Crippen molar-refractivity contribution >= 4 is 17.6 Å². The Labute approximate surface area is 152 Å². The second kappa shape index (κ2) is 7.00. The van der Waals surface area contributed by atoms with Gasteiger partial charge in [0.25, 0.3) is 0 Å². The summed E-state index contributed by atoms with van der Waals surface area (Å²) in [6, 6.07) is 11.1. The van der Waals surface area contributed by atoms with E-state index < -0.39 is 0 Å². The standard InChI is InChI=1S/C20H22N4O2/c1-13-11-15(14-7-9-21-10-8-14)5-6-16(13)22-19(25)23-18-12-17(24-26-18)20(2,3)4/h5-12H,1-4H3,(H2,22,23,25). The third-order valence-corrected chi connectivity index (χ3v) is 4.00. The highest BCUT2D eigenvalue weighted by molar-refractivity contribution is 5.99. The second-order valence-electron chi connectivity index (χ2n) is 7.17. The summed E-state index contributed by atoms with van der Waals surface area (Å²) >= 11 is 0. The van der Waals surface area contributed by atoms with E-state index in [1.165, 1.54) is 0 Å². The van der Waals surface area contributed by atoms with E-state index in [1.54, 1.807) is 18.5 Å². The minimum Gasteiger partial charge on any atom is -0.338 e. The zero-order valence-corrected chi connectivity index (χ0v) is 15.3. The van der Waals surface area contributed by atoms with Crippen LogP contribution in [0.1, 0.15) is 32.0 Å². The van der Waals surface area contributed by atoms with Crippen LogP contribution in [0, 0.1) is 6.92 Å². The molecule has 3 aromatic rings. The number of carbonyl (C=O) groups excluding carboxylic acids is 1. The Morgan fingerprint density at radius 1 is 1.00 bits per heavy atom. The minimum atomic E-state index is -0.374. The number of pyridine rings is 1. The fourth-order valence-corrected chi connectivity index (χ4v) is 2.48. The second-order valence-corrected chi connectivity index (χ2v) is 7.17. The van der Waals surface area contributed by atoms with Gasteiger partial charge in [0, 0.05) is 29.6 Å². The van der Waals surface area contributed by atoms with Gasteiger partial charge in [0.2, 0.25) is 5.88 Å². The number of hydrogen-bond acceptors (Lipinski definition) is 4. The summed E-state index contributed by atoms with van der Waals surface area (Å²) in [4.78, 5) is 16.3. The molecule has 0 spiro atoms. The summed E-state index contributed by atoms with van der Waals surface area (Å²) in [5, 5.41) is 9.49. The maximum atomic E-state index is 12.2. The molecular formula is C20H22N4O2. The monoisotopic (exact) mass is 350 g/mol. The maximum absolute atomic E-state index is 12.2. The molecule has 2 N–H and O–H groups in total. The number of amides is 2. The van der Waals surface area contributed by atoms with E-state index in [4.69, 9.17) is 4.52 Å². The number of carbonyl (C=O) groups is 1. The van der Waals surface area contributed by atoms with Gasteiger partial charge in [0.15, 0.2) is 0 Å². The lowest BCUT2D eigenvalue weighted by Crippen LogP contribution is -2.19. The van der Waals surface area contributed by atoms with Crippen LogP contribution in [0.2, 0.25) is 0 Å². The number of aryl methyl sites for hydroxylation is 1. The van der Waals surface area contributed by atoms with Crippen molar-refractivity contribution in [2.24, 2.45) is 0 Å². The smallest absolute Gasteiger partial charge is 0.326 e. The third-order valence-electron chi connectivity index (χ3n) is 4.00. The Morgan fingerprint density at radius 3 is 2.35 bits per heavy atom. The molecule has 3 rings (SSSR count). The van der Waals surface area contributed by atoms with Gasteiger partial charge in [-0.15, -0.1) is 0 Å². The van der Waals surface area contributed by atoms with Gasteiger partial charge in [-0.3, -0.25) is 10.3 Å². The quantitative estimate of drug-likeness (QED) is 0.697. The topological polar surface area (TPSA) is 80.0 Å². The molecule has 0 aliphatic rings. The molecule has 134 valence electrons. The van der Waals surface area contributed by atoms with Crippen molar-refractivity contribution in [3.8, 4) is 11.1 Å². The molecule has 0 aliphatic carbocycles. The van der Waals surface area contributed by atoms with Gasteiger partial charge in [0.05, 0.1) is 5.69 Å². The molecule has 0 aliphatic heterocycles. The van der Waals surface area contributed by atoms with Crippen LogP contribution in [-0.4, -0.2) is 16.2 Å². The van der Waals surface area contributed by atoms with Crippen LogP contribution in [-0.2, 0) is 5.41 Å². The number of benzene rings is 1. The van der Waals surface area contributed by atoms with Gasteiger partial charge in [0.1, 0.15) is 0 Å². The molecule has 1 aromatic carbocycles. The number of nitrogens with one attached hydrogen (secondary N) is 2. The van der Waals surface area contributed by atoms with E-state index >= 15 is 0 Å². The lowest BCUT2D eigenvalue weighted by molar-refractivity contribution is 0.261. The van der Waals surface area contributed by atoms with Crippen molar-refractivity contribution in [2.45, 2.75) is 33.1 Å². The molecule has 26 heavy (non-hydrogen) atoms. The maximum Gasteiger partial charge on any atom is 0.326 e. The van der Waals surface area contributed by atoms with E-state index in [2.05, 4.69) is 20.8 Å². The molecule has 2 amide bonds. The van der Waals surface area contributed by atoms with E-state index in [-0.39, 0.29) is 11.4 Å². The summed E-state index contributed by atoms with van der Waals surface area (Å²) in [6.45, 7) is 8.04. The SMILES string of the molecule is Cc1cc(-c2ccncc2)ccc1NC(=O)Nc1cc(C(C)(C)C)no1. The molecular weight excluding hydrogens is 328 g/mol. The van der Waals surface area contributed by atoms with Crippen LogP contribution in [0.3, 0.4) is 0 Å². The third kappa shape index (κ3) is 4.08. The molecule has 0 unspecified atom stereocenters. The predicted molar refractivity (Wildman–Crippen MR) is 102 cm³/mol. The number of urea groups is 1. The van der Waals surface area contributed by atoms with Gasteiger partial charge < -0.3 is 9.84 Å². The van der Waals surface area contributed by atoms with Gasteiger partial charge in [-0.25, -0.2) is 4.79 Å². The average molecular weight is 350 g/mol. The number of aromatic nitrogens is 2. The molecule has 6 nitrogen and oxygen atoms in total. The highest BCUT2D eigenvalue weighted by atomic mass is 16.5. The van der Waals surface area contributed by atoms with Crippen LogP contribution in [0.25, 0.3) is 11.1 Å². The molecule has 0 saturated carbocycles. The zero-order chi connectivity index (χ0) is 18.7. The van der Waals surface area contributed by atoms with Crippen LogP contribution in [0.15, 0.2) is 53.3 Å². The van der Waals surface area contributed by atoms with Crippen LogP contribution in [0.5, 0.6) is 0 Å². The van der Waals surface area contributed by atoms with E-state index in [1.807, 2.05) is 58.0 Å². The largest absolute Gasteiger partial charge is 0.338 e. The van der Waals surface area contributed by atoms with Gasteiger partial charge in [-0.2, -0.15) is 0 Å². The highest BCUT2D eigenvalue weighted by Gasteiger charge is 2.19. The summed E-state index contributed by atoms with van der Waals surface area (Å²) in [6.07, 6.45) is 3.51. The van der Waals surface area contributed by atoms with Crippen molar-refractivity contribution in [1.29, 1.82) is 0 Å². The predicted octanol–water partition coefficient (Wildman–Crippen LogP) is 4.99.